The van der Waals surface area contributed by atoms with Gasteiger partial charge in [-0.15, -0.1) is 0 Å². The van der Waals surface area contributed by atoms with E-state index in [-0.39, 0.29) is 12.5 Å². The summed E-state index contributed by atoms with van der Waals surface area (Å²) in [5, 5.41) is 40.3. The molecule has 10 nitrogen and oxygen atoms in total. The second-order valence-electron chi connectivity index (χ2n) is 10.7. The lowest BCUT2D eigenvalue weighted by molar-refractivity contribution is -0.306. The number of hydrogen-bond donors (Lipinski definition) is 4. The van der Waals surface area contributed by atoms with E-state index in [0.717, 1.165) is 23.3 Å². The number of carbonyl (C=O) groups is 1. The third-order valence-corrected chi connectivity index (χ3v) is 7.74. The minimum Gasteiger partial charge on any atom is -0.491 e. The van der Waals surface area contributed by atoms with E-state index in [1.807, 2.05) is 55.6 Å². The van der Waals surface area contributed by atoms with Crippen molar-refractivity contribution in [2.24, 2.45) is 0 Å². The molecule has 3 aromatic carbocycles. The molecule has 7 atom stereocenters. The Morgan fingerprint density at radius 3 is 2.38 bits per heavy atom. The van der Waals surface area contributed by atoms with Crippen molar-refractivity contribution in [3.05, 3.63) is 95.6 Å². The first-order valence-corrected chi connectivity index (χ1v) is 14.1. The minimum absolute atomic E-state index is 0.0697. The average Bonchev–Trinajstić information content (AvgIpc) is 3.16. The average molecular weight is 580 g/mol. The van der Waals surface area contributed by atoms with Gasteiger partial charge in [0.25, 0.3) is 0 Å². The molecule has 1 fully saturated rings. The highest BCUT2D eigenvalue weighted by Crippen LogP contribution is 2.39. The van der Waals surface area contributed by atoms with Crippen molar-refractivity contribution in [2.75, 3.05) is 26.7 Å². The van der Waals surface area contributed by atoms with Gasteiger partial charge in [0.1, 0.15) is 49.1 Å². The van der Waals surface area contributed by atoms with Crippen molar-refractivity contribution in [3.63, 3.8) is 0 Å². The summed E-state index contributed by atoms with van der Waals surface area (Å²) in [6, 6.07) is 25.5. The monoisotopic (exact) mass is 579 g/mol. The van der Waals surface area contributed by atoms with Gasteiger partial charge >= 0.3 is 5.97 Å². The van der Waals surface area contributed by atoms with Gasteiger partial charge in [0.05, 0.1) is 0 Å². The summed E-state index contributed by atoms with van der Waals surface area (Å²) >= 11 is 0. The number of aliphatic hydroxyl groups excluding tert-OH is 3. The fourth-order valence-corrected chi connectivity index (χ4v) is 5.52. The van der Waals surface area contributed by atoms with E-state index in [1.54, 1.807) is 12.1 Å². The Hall–Kier alpha value is -3.51. The number of hydrogen-bond acceptors (Lipinski definition) is 9. The molecule has 7 unspecified atom stereocenters. The van der Waals surface area contributed by atoms with Crippen LogP contribution in [0.1, 0.15) is 29.0 Å². The van der Waals surface area contributed by atoms with Crippen LogP contribution < -0.4 is 9.47 Å². The number of benzene rings is 3. The Bertz CT molecular complexity index is 1270. The van der Waals surface area contributed by atoms with Crippen molar-refractivity contribution in [1.29, 1.82) is 0 Å². The zero-order chi connectivity index (χ0) is 29.6. The number of aliphatic hydroxyl groups is 3. The van der Waals surface area contributed by atoms with Crippen LogP contribution >= 0.6 is 0 Å². The quantitative estimate of drug-likeness (QED) is 0.268. The first-order valence-electron chi connectivity index (χ1n) is 14.1. The van der Waals surface area contributed by atoms with Gasteiger partial charge in [0.15, 0.2) is 12.4 Å². The predicted octanol–water partition coefficient (Wildman–Crippen LogP) is 2.39. The smallest absolute Gasteiger partial charge is 0.335 e. The number of aliphatic carboxylic acids is 1. The Morgan fingerprint density at radius 2 is 1.62 bits per heavy atom. The normalized spacial score (nSPS) is 25.9. The van der Waals surface area contributed by atoms with Gasteiger partial charge in [-0.05, 0) is 49.3 Å². The number of ether oxygens (including phenoxy) is 4. The summed E-state index contributed by atoms with van der Waals surface area (Å²) in [6.07, 6.45) is -8.33. The van der Waals surface area contributed by atoms with Crippen LogP contribution in [0.15, 0.2) is 78.9 Å². The lowest BCUT2D eigenvalue weighted by atomic mass is 9.86. The van der Waals surface area contributed by atoms with Crippen molar-refractivity contribution in [2.45, 2.75) is 55.8 Å². The number of para-hydroxylation sites is 2. The van der Waals surface area contributed by atoms with Crippen LogP contribution in [-0.4, -0.2) is 94.8 Å². The zero-order valence-corrected chi connectivity index (χ0v) is 23.4. The number of likely N-dealkylation sites (N-methyl/N-ethyl adjacent to an activating group) is 1. The highest BCUT2D eigenvalue weighted by Gasteiger charge is 2.48. The van der Waals surface area contributed by atoms with Gasteiger partial charge in [-0.2, -0.15) is 0 Å². The van der Waals surface area contributed by atoms with Crippen LogP contribution in [-0.2, 0) is 20.9 Å². The Kier molecular flexibility index (Phi) is 9.73. The van der Waals surface area contributed by atoms with Crippen LogP contribution in [0.3, 0.4) is 0 Å². The molecule has 10 heteroatoms. The summed E-state index contributed by atoms with van der Waals surface area (Å²) in [4.78, 5) is 13.7. The fourth-order valence-electron chi connectivity index (χ4n) is 5.52. The molecule has 2 aliphatic rings. The number of fused-ring (bicyclic) bond motifs is 2. The maximum absolute atomic E-state index is 11.6. The van der Waals surface area contributed by atoms with Crippen LogP contribution in [0.4, 0.5) is 0 Å². The van der Waals surface area contributed by atoms with Gasteiger partial charge < -0.3 is 44.3 Å². The van der Waals surface area contributed by atoms with Gasteiger partial charge in [-0.1, -0.05) is 60.7 Å². The summed E-state index contributed by atoms with van der Waals surface area (Å²) in [5.41, 5.74) is 3.50. The first-order chi connectivity index (χ1) is 20.3. The summed E-state index contributed by atoms with van der Waals surface area (Å²) < 4.78 is 23.5. The second kappa shape index (κ2) is 13.6. The summed E-state index contributed by atoms with van der Waals surface area (Å²) in [7, 11) is 1.95. The van der Waals surface area contributed by atoms with E-state index in [2.05, 4.69) is 23.1 Å². The topological polar surface area (TPSA) is 138 Å². The molecule has 0 aromatic heterocycles. The van der Waals surface area contributed by atoms with Crippen molar-refractivity contribution >= 4 is 5.97 Å². The molecule has 42 heavy (non-hydrogen) atoms. The standard InChI is InChI=1S/C32H37NO9/c1-33(16-15-24-23-12-6-5-9-20(23)18-40-26-14-8-7-13-25(24)26)17-22(19-39-21-10-3-2-4-11-21)41-32-29(36)27(34)28(35)30(42-32)31(37)38/h2-14,22,24,27-30,32,34-36H,15-19H2,1H3,(H,37,38). The third kappa shape index (κ3) is 6.92. The number of rotatable bonds is 11. The Balaban J connectivity index is 1.30. The molecule has 2 aliphatic heterocycles. The molecule has 0 aliphatic carbocycles. The molecule has 4 N–H and O–H groups in total. The number of carboxylic acids is 1. The van der Waals surface area contributed by atoms with E-state index >= 15 is 0 Å². The van der Waals surface area contributed by atoms with Crippen LogP contribution in [0.2, 0.25) is 0 Å². The Morgan fingerprint density at radius 1 is 0.929 bits per heavy atom. The molecule has 1 saturated heterocycles. The Labute approximate surface area is 244 Å². The maximum Gasteiger partial charge on any atom is 0.335 e. The molecule has 3 aromatic rings. The molecule has 0 bridgehead atoms. The van der Waals surface area contributed by atoms with E-state index in [9.17, 15) is 25.2 Å². The highest BCUT2D eigenvalue weighted by atomic mass is 16.7. The minimum atomic E-state index is -1.80. The maximum atomic E-state index is 11.6. The lowest BCUT2D eigenvalue weighted by Crippen LogP contribution is -2.61. The van der Waals surface area contributed by atoms with Gasteiger partial charge in [0.2, 0.25) is 0 Å². The molecular weight excluding hydrogens is 542 g/mol. The third-order valence-electron chi connectivity index (χ3n) is 7.74. The predicted molar refractivity (Wildman–Crippen MR) is 152 cm³/mol. The van der Waals surface area contributed by atoms with Gasteiger partial charge in [0, 0.05) is 18.0 Å². The van der Waals surface area contributed by atoms with E-state index < -0.39 is 42.8 Å². The van der Waals surface area contributed by atoms with Gasteiger partial charge in [-0.3, -0.25) is 0 Å². The number of nitrogens with zero attached hydrogens (tertiary/aromatic N) is 1. The molecule has 0 radical (unpaired) electrons. The van der Waals surface area contributed by atoms with Crippen molar-refractivity contribution < 1.29 is 44.2 Å². The molecule has 0 amide bonds. The van der Waals surface area contributed by atoms with Gasteiger partial charge in [-0.25, -0.2) is 4.79 Å². The molecule has 5 rings (SSSR count). The van der Waals surface area contributed by atoms with Crippen LogP contribution in [0.25, 0.3) is 0 Å². The van der Waals surface area contributed by atoms with Crippen molar-refractivity contribution in [1.82, 2.24) is 4.90 Å². The van der Waals surface area contributed by atoms with E-state index in [1.165, 1.54) is 5.56 Å². The number of carboxylic acid groups (broad SMARTS) is 1. The SMILES string of the molecule is CN(CCC1c2ccccc2COc2ccccc21)CC(COc1ccccc1)OC1OC(C(=O)O)C(O)C(O)C1O. The lowest BCUT2D eigenvalue weighted by Gasteiger charge is -2.40. The largest absolute Gasteiger partial charge is 0.491 e. The first kappa shape index (κ1) is 30.0. The molecule has 2 heterocycles. The molecule has 224 valence electrons. The molecule has 0 saturated carbocycles. The highest BCUT2D eigenvalue weighted by molar-refractivity contribution is 5.73. The van der Waals surface area contributed by atoms with Crippen LogP contribution in [0, 0.1) is 0 Å². The zero-order valence-electron chi connectivity index (χ0n) is 23.4. The van der Waals surface area contributed by atoms with E-state index in [4.69, 9.17) is 18.9 Å². The van der Waals surface area contributed by atoms with E-state index in [0.29, 0.717) is 25.4 Å². The fraction of sp³-hybridized carbons (Fsp3) is 0.406. The van der Waals surface area contributed by atoms with Crippen LogP contribution in [0.5, 0.6) is 11.5 Å². The molecular formula is C32H37NO9. The summed E-state index contributed by atoms with van der Waals surface area (Å²) in [6.45, 7) is 1.60. The molecule has 0 spiro atoms. The summed E-state index contributed by atoms with van der Waals surface area (Å²) in [5.74, 6) is 0.128. The second-order valence-corrected chi connectivity index (χ2v) is 10.7. The van der Waals surface area contributed by atoms with Crippen molar-refractivity contribution in [3.8, 4) is 11.5 Å².